The molecule has 4 heterocycles. The van der Waals surface area contributed by atoms with Crippen LogP contribution in [0.25, 0.3) is 0 Å². The molecule has 31 heavy (non-hydrogen) atoms. The number of fused-ring (bicyclic) bond motifs is 1. The fraction of sp³-hybridized carbons (Fsp3) is 0.333. The minimum atomic E-state index is -0.124. The van der Waals surface area contributed by atoms with E-state index in [4.69, 9.17) is 20.6 Å². The quantitative estimate of drug-likeness (QED) is 0.382. The normalized spacial score (nSPS) is 22.6. The molecule has 0 aromatic carbocycles. The van der Waals surface area contributed by atoms with Crippen molar-refractivity contribution in [3.05, 3.63) is 53.9 Å². The first-order valence-electron chi connectivity index (χ1n) is 10.0. The number of nitrogens with one attached hydrogen (secondary N) is 2. The van der Waals surface area contributed by atoms with E-state index in [1.54, 1.807) is 25.7 Å². The van der Waals surface area contributed by atoms with Crippen LogP contribution >= 0.6 is 11.8 Å². The first kappa shape index (κ1) is 21.1. The Morgan fingerprint density at radius 1 is 1.45 bits per heavy atom. The van der Waals surface area contributed by atoms with Crippen LogP contribution in [0.2, 0.25) is 0 Å². The maximum Gasteiger partial charge on any atom is 0.217 e. The van der Waals surface area contributed by atoms with Crippen molar-refractivity contribution in [3.8, 4) is 5.75 Å². The third-order valence-corrected chi connectivity index (χ3v) is 5.62. The molecule has 2 atom stereocenters. The molecule has 0 aliphatic carbocycles. The lowest BCUT2D eigenvalue weighted by molar-refractivity contribution is -0.112. The van der Waals surface area contributed by atoms with Gasteiger partial charge >= 0.3 is 0 Å². The summed E-state index contributed by atoms with van der Waals surface area (Å²) in [4.78, 5) is 13.1. The third kappa shape index (κ3) is 5.74. The Hall–Kier alpha value is -3.11. The Kier molecular flexibility index (Phi) is 6.68. The van der Waals surface area contributed by atoms with Gasteiger partial charge in [0.25, 0.3) is 0 Å². The average molecular weight is 441 g/mol. The number of ether oxygens (including phenoxy) is 2. The van der Waals surface area contributed by atoms with Gasteiger partial charge in [0.2, 0.25) is 5.04 Å². The molecular formula is C21H26N7O2S+. The number of nitrogens with zero attached hydrogens (tertiary/aromatic N) is 3. The van der Waals surface area contributed by atoms with Crippen LogP contribution < -0.4 is 26.5 Å². The zero-order valence-corrected chi connectivity index (χ0v) is 18.1. The molecule has 1 aromatic heterocycles. The summed E-state index contributed by atoms with van der Waals surface area (Å²) in [5, 5.41) is 13.8. The van der Waals surface area contributed by atoms with E-state index < -0.39 is 0 Å². The van der Waals surface area contributed by atoms with Crippen LogP contribution in [0.4, 0.5) is 5.69 Å². The van der Waals surface area contributed by atoms with E-state index in [-0.39, 0.29) is 12.1 Å². The van der Waals surface area contributed by atoms with Gasteiger partial charge in [0.15, 0.2) is 5.17 Å². The number of amidine groups is 1. The molecule has 9 nitrogen and oxygen atoms in total. The smallest absolute Gasteiger partial charge is 0.217 e. The van der Waals surface area contributed by atoms with Gasteiger partial charge in [-0.3, -0.25) is 15.4 Å². The second-order valence-corrected chi connectivity index (χ2v) is 8.39. The van der Waals surface area contributed by atoms with E-state index in [9.17, 15) is 0 Å². The van der Waals surface area contributed by atoms with Crippen molar-refractivity contribution in [1.29, 1.82) is 0 Å². The van der Waals surface area contributed by atoms with Crippen LogP contribution in [0.1, 0.15) is 19.3 Å². The number of aromatic nitrogens is 1. The van der Waals surface area contributed by atoms with E-state index >= 15 is 0 Å². The van der Waals surface area contributed by atoms with Gasteiger partial charge < -0.3 is 25.8 Å². The van der Waals surface area contributed by atoms with Gasteiger partial charge in [-0.25, -0.2) is 4.99 Å². The Morgan fingerprint density at radius 3 is 3.16 bits per heavy atom. The van der Waals surface area contributed by atoms with E-state index in [2.05, 4.69) is 25.6 Å². The molecule has 0 radical (unpaired) electrons. The Labute approximate surface area is 185 Å². The second-order valence-electron chi connectivity index (χ2n) is 7.24. The number of methoxy groups -OCH3 is 1. The summed E-state index contributed by atoms with van der Waals surface area (Å²) < 4.78 is 10.8. The van der Waals surface area contributed by atoms with Crippen molar-refractivity contribution >= 4 is 33.9 Å². The highest BCUT2D eigenvalue weighted by atomic mass is 32.2. The maximum absolute atomic E-state index is 6.11. The number of anilines is 1. The summed E-state index contributed by atoms with van der Waals surface area (Å²) in [7, 11) is 1.61. The molecule has 0 saturated carbocycles. The molecule has 0 amide bonds. The molecule has 0 spiro atoms. The molecule has 4 rings (SSSR count). The highest BCUT2D eigenvalue weighted by Gasteiger charge is 2.22. The summed E-state index contributed by atoms with van der Waals surface area (Å²) in [5.74, 6) is 1.33. The molecular weight excluding hydrogens is 414 g/mol. The van der Waals surface area contributed by atoms with Crippen LogP contribution in [-0.2, 0) is 4.74 Å². The molecule has 1 aromatic rings. The topological polar surface area (TPSA) is 132 Å². The average Bonchev–Trinajstić information content (AvgIpc) is 3.26. The minimum Gasteiger partial charge on any atom is -0.495 e. The zero-order chi connectivity index (χ0) is 21.6. The number of dihydropyridines is 2. The first-order valence-corrected chi connectivity index (χ1v) is 10.9. The lowest BCUT2D eigenvalue weighted by atomic mass is 10.1. The number of hydrogen-bond acceptors (Lipinski definition) is 8. The predicted molar refractivity (Wildman–Crippen MR) is 124 cm³/mol. The minimum absolute atomic E-state index is 0.124. The Balaban J connectivity index is 1.36. The van der Waals surface area contributed by atoms with Crippen molar-refractivity contribution in [3.63, 3.8) is 0 Å². The summed E-state index contributed by atoms with van der Waals surface area (Å²) >= 11 is 1.28. The number of nitrogens with two attached hydrogens (primary N) is 2. The standard InChI is InChI=1S/C21H25N7O2S/c1-29-16-7-13(10-24-12-16)26-14-8-18-17(25-11-14)4-5-20(27-18)28-21(23)31-19(22)9-15-3-2-6-30-15/h4-5,7-8,10-12,15,18,22,26-27H,2-3,6,9H2,1H3,(H2,23,28)/p+1. The van der Waals surface area contributed by atoms with Gasteiger partial charge in [0.1, 0.15) is 11.6 Å². The molecule has 1 fully saturated rings. The zero-order valence-electron chi connectivity index (χ0n) is 17.2. The van der Waals surface area contributed by atoms with Crippen molar-refractivity contribution in [2.45, 2.75) is 31.4 Å². The number of pyridine rings is 1. The van der Waals surface area contributed by atoms with E-state index in [0.29, 0.717) is 28.2 Å². The first-order chi connectivity index (χ1) is 15.1. The molecule has 162 valence electrons. The van der Waals surface area contributed by atoms with Crippen LogP contribution in [0.3, 0.4) is 0 Å². The molecule has 3 aliphatic heterocycles. The van der Waals surface area contributed by atoms with Crippen molar-refractivity contribution < 1.29 is 14.9 Å². The van der Waals surface area contributed by atoms with E-state index in [0.717, 1.165) is 36.5 Å². The lowest BCUT2D eigenvalue weighted by Gasteiger charge is -2.24. The molecule has 2 unspecified atom stereocenters. The predicted octanol–water partition coefficient (Wildman–Crippen LogP) is 0.942. The number of thioether (sulfide) groups is 1. The summed E-state index contributed by atoms with van der Waals surface area (Å²) in [6.07, 6.45) is 14.0. The largest absolute Gasteiger partial charge is 0.495 e. The van der Waals surface area contributed by atoms with Crippen molar-refractivity contribution in [1.82, 2.24) is 10.3 Å². The lowest BCUT2D eigenvalue weighted by Crippen LogP contribution is -2.41. The van der Waals surface area contributed by atoms with Crippen LogP contribution in [-0.4, -0.2) is 47.3 Å². The fourth-order valence-corrected chi connectivity index (χ4v) is 4.10. The summed E-state index contributed by atoms with van der Waals surface area (Å²) in [6.45, 7) is 0.806. The molecule has 1 saturated heterocycles. The highest BCUT2D eigenvalue weighted by molar-refractivity contribution is 8.26. The number of aliphatic imine (C=N–C) groups is 2. The molecule has 6 N–H and O–H groups in total. The van der Waals surface area contributed by atoms with Crippen LogP contribution in [0.15, 0.2) is 63.9 Å². The number of rotatable bonds is 6. The van der Waals surface area contributed by atoms with Gasteiger partial charge in [0.05, 0.1) is 61.4 Å². The highest BCUT2D eigenvalue weighted by Crippen LogP contribution is 2.23. The van der Waals surface area contributed by atoms with Gasteiger partial charge in [-0.2, -0.15) is 0 Å². The van der Waals surface area contributed by atoms with Crippen LogP contribution in [0, 0.1) is 0 Å². The third-order valence-electron chi connectivity index (χ3n) is 4.89. The second kappa shape index (κ2) is 9.80. The Morgan fingerprint density at radius 2 is 2.35 bits per heavy atom. The van der Waals surface area contributed by atoms with Crippen molar-refractivity contribution in [2.75, 3.05) is 19.0 Å². The summed E-state index contributed by atoms with van der Waals surface area (Å²) in [5.41, 5.74) is 8.64. The number of hydrogen-bond donors (Lipinski definition) is 4. The van der Waals surface area contributed by atoms with E-state index in [1.165, 1.54) is 11.8 Å². The van der Waals surface area contributed by atoms with Gasteiger partial charge in [0, 0.05) is 24.4 Å². The molecule has 10 heteroatoms. The summed E-state index contributed by atoms with van der Waals surface area (Å²) in [6, 6.07) is 1.74. The van der Waals surface area contributed by atoms with E-state index in [1.807, 2.05) is 24.3 Å². The maximum atomic E-state index is 6.11. The van der Waals surface area contributed by atoms with Crippen LogP contribution in [0.5, 0.6) is 5.75 Å². The molecule has 0 bridgehead atoms. The SMILES string of the molecule is COc1cncc(NC2=CC3NC(/N=C(/N)SC(=[NH2+])CC4CCCO4)=CC=C3N=C2)c1. The van der Waals surface area contributed by atoms with Gasteiger partial charge in [-0.1, -0.05) is 0 Å². The monoisotopic (exact) mass is 440 g/mol. The fourth-order valence-electron chi connectivity index (χ4n) is 3.42. The molecule has 3 aliphatic rings. The van der Waals surface area contributed by atoms with Gasteiger partial charge in [-0.05, 0) is 31.1 Å². The number of allylic oxidation sites excluding steroid dienone is 3. The van der Waals surface area contributed by atoms with Gasteiger partial charge in [-0.15, -0.1) is 0 Å². The van der Waals surface area contributed by atoms with Crippen molar-refractivity contribution in [2.24, 2.45) is 15.7 Å². The Bertz CT molecular complexity index is 993.